The minimum absolute atomic E-state index is 0.156. The van der Waals surface area contributed by atoms with Gasteiger partial charge in [-0.3, -0.25) is 4.98 Å². The van der Waals surface area contributed by atoms with Gasteiger partial charge in [-0.15, -0.1) is 0 Å². The van der Waals surface area contributed by atoms with E-state index in [1.54, 1.807) is 0 Å². The highest BCUT2D eigenvalue weighted by atomic mass is 32.2. The standard InChI is InChI=1S/C20H32N2O2S/c1-20(2,3)24-19(23)22-13-8-18(9-14-22)10-16-25-15-4-5-17-6-11-21-12-7-17/h6-7,11-12,18H,4-5,8-10,13-16H2,1-3H3. The van der Waals surface area contributed by atoms with Gasteiger partial charge in [0, 0.05) is 25.5 Å². The fourth-order valence-electron chi connectivity index (χ4n) is 3.01. The number of piperidine rings is 1. The zero-order chi connectivity index (χ0) is 18.1. The molecule has 0 atom stereocenters. The predicted molar refractivity (Wildman–Crippen MR) is 105 cm³/mol. The van der Waals surface area contributed by atoms with E-state index in [1.807, 2.05) is 38.1 Å². The molecule has 1 saturated heterocycles. The van der Waals surface area contributed by atoms with Crippen molar-refractivity contribution in [3.63, 3.8) is 0 Å². The van der Waals surface area contributed by atoms with Gasteiger partial charge >= 0.3 is 6.09 Å². The third kappa shape index (κ3) is 8.13. The summed E-state index contributed by atoms with van der Waals surface area (Å²) in [6.07, 6.45) is 9.43. The number of aryl methyl sites for hydroxylation is 1. The maximum atomic E-state index is 12.1. The van der Waals surface area contributed by atoms with Crippen molar-refractivity contribution in [3.05, 3.63) is 30.1 Å². The summed E-state index contributed by atoms with van der Waals surface area (Å²) in [5.41, 5.74) is 0.978. The molecule has 0 unspecified atom stereocenters. The monoisotopic (exact) mass is 364 g/mol. The molecule has 1 fully saturated rings. The molecule has 5 heteroatoms. The summed E-state index contributed by atoms with van der Waals surface area (Å²) < 4.78 is 5.45. The molecule has 1 amide bonds. The summed E-state index contributed by atoms with van der Waals surface area (Å²) in [5, 5.41) is 0. The fourth-order valence-corrected chi connectivity index (χ4v) is 4.06. The molecule has 0 spiro atoms. The Morgan fingerprint density at radius 2 is 1.92 bits per heavy atom. The van der Waals surface area contributed by atoms with Crippen LogP contribution in [0.4, 0.5) is 4.79 Å². The van der Waals surface area contributed by atoms with Gasteiger partial charge < -0.3 is 9.64 Å². The van der Waals surface area contributed by atoms with E-state index in [2.05, 4.69) is 28.9 Å². The molecular weight excluding hydrogens is 332 g/mol. The average molecular weight is 365 g/mol. The number of pyridine rings is 1. The highest BCUT2D eigenvalue weighted by Gasteiger charge is 2.26. The summed E-state index contributed by atoms with van der Waals surface area (Å²) in [6.45, 7) is 7.44. The van der Waals surface area contributed by atoms with Crippen LogP contribution in [-0.4, -0.2) is 46.2 Å². The minimum Gasteiger partial charge on any atom is -0.444 e. The molecule has 140 valence electrons. The molecule has 1 aliphatic heterocycles. The molecule has 1 aromatic heterocycles. The van der Waals surface area contributed by atoms with Crippen LogP contribution in [0.15, 0.2) is 24.5 Å². The van der Waals surface area contributed by atoms with Crippen LogP contribution in [0.5, 0.6) is 0 Å². The van der Waals surface area contributed by atoms with Gasteiger partial charge in [0.1, 0.15) is 5.60 Å². The first-order valence-electron chi connectivity index (χ1n) is 9.38. The van der Waals surface area contributed by atoms with Gasteiger partial charge in [0.15, 0.2) is 0 Å². The molecule has 1 aromatic rings. The van der Waals surface area contributed by atoms with Crippen molar-refractivity contribution < 1.29 is 9.53 Å². The van der Waals surface area contributed by atoms with Crippen LogP contribution >= 0.6 is 11.8 Å². The molecule has 0 aliphatic carbocycles. The van der Waals surface area contributed by atoms with Crippen molar-refractivity contribution >= 4 is 17.9 Å². The number of hydrogen-bond donors (Lipinski definition) is 0. The number of rotatable bonds is 7. The Balaban J connectivity index is 1.51. The zero-order valence-corrected chi connectivity index (χ0v) is 16.7. The number of aromatic nitrogens is 1. The van der Waals surface area contributed by atoms with Crippen molar-refractivity contribution in [2.75, 3.05) is 24.6 Å². The van der Waals surface area contributed by atoms with Crippen LogP contribution in [0, 0.1) is 5.92 Å². The molecule has 0 bridgehead atoms. The Hall–Kier alpha value is -1.23. The van der Waals surface area contributed by atoms with E-state index >= 15 is 0 Å². The maximum absolute atomic E-state index is 12.1. The van der Waals surface area contributed by atoms with Gasteiger partial charge in [0.25, 0.3) is 0 Å². The Morgan fingerprint density at radius 1 is 1.24 bits per heavy atom. The molecule has 1 aliphatic rings. The molecule has 0 saturated carbocycles. The first-order chi connectivity index (χ1) is 11.9. The van der Waals surface area contributed by atoms with Crippen molar-refractivity contribution in [2.24, 2.45) is 5.92 Å². The molecular formula is C20H32N2O2S. The number of amides is 1. The van der Waals surface area contributed by atoms with Gasteiger partial charge in [0.2, 0.25) is 0 Å². The number of ether oxygens (including phenoxy) is 1. The molecule has 25 heavy (non-hydrogen) atoms. The Bertz CT molecular complexity index is 508. The quantitative estimate of drug-likeness (QED) is 0.653. The number of hydrogen-bond acceptors (Lipinski definition) is 4. The van der Waals surface area contributed by atoms with Crippen LogP contribution in [0.25, 0.3) is 0 Å². The SMILES string of the molecule is CC(C)(C)OC(=O)N1CCC(CCSCCCc2ccncc2)CC1. The largest absolute Gasteiger partial charge is 0.444 e. The molecule has 4 nitrogen and oxygen atoms in total. The van der Waals surface area contributed by atoms with Gasteiger partial charge in [-0.25, -0.2) is 4.79 Å². The molecule has 0 N–H and O–H groups in total. The van der Waals surface area contributed by atoms with Gasteiger partial charge in [-0.05, 0) is 88.0 Å². The normalized spacial score (nSPS) is 16.0. The van der Waals surface area contributed by atoms with Crippen LogP contribution < -0.4 is 0 Å². The van der Waals surface area contributed by atoms with Gasteiger partial charge in [0.05, 0.1) is 0 Å². The Labute approximate surface area is 156 Å². The number of thioether (sulfide) groups is 1. The van der Waals surface area contributed by atoms with E-state index in [-0.39, 0.29) is 6.09 Å². The van der Waals surface area contributed by atoms with Crippen molar-refractivity contribution in [2.45, 2.75) is 58.5 Å². The second kappa shape index (κ2) is 10.0. The summed E-state index contributed by atoms with van der Waals surface area (Å²) in [5.74, 6) is 3.21. The first-order valence-corrected chi connectivity index (χ1v) is 10.5. The lowest BCUT2D eigenvalue weighted by atomic mass is 9.95. The summed E-state index contributed by atoms with van der Waals surface area (Å²) in [4.78, 5) is 18.0. The Morgan fingerprint density at radius 3 is 2.56 bits per heavy atom. The van der Waals surface area contributed by atoms with Gasteiger partial charge in [-0.2, -0.15) is 11.8 Å². The summed E-state index contributed by atoms with van der Waals surface area (Å²) in [6, 6.07) is 4.20. The highest BCUT2D eigenvalue weighted by molar-refractivity contribution is 7.99. The number of likely N-dealkylation sites (tertiary alicyclic amines) is 1. The molecule has 0 radical (unpaired) electrons. The summed E-state index contributed by atoms with van der Waals surface area (Å²) in [7, 11) is 0. The minimum atomic E-state index is -0.402. The second-order valence-electron chi connectivity index (χ2n) is 7.77. The zero-order valence-electron chi connectivity index (χ0n) is 15.9. The van der Waals surface area contributed by atoms with Crippen molar-refractivity contribution in [1.82, 2.24) is 9.88 Å². The lowest BCUT2D eigenvalue weighted by molar-refractivity contribution is 0.0183. The van der Waals surface area contributed by atoms with Crippen LogP contribution in [0.1, 0.15) is 52.0 Å². The van der Waals surface area contributed by atoms with Crippen LogP contribution in [0.3, 0.4) is 0 Å². The Kier molecular flexibility index (Phi) is 8.07. The van der Waals surface area contributed by atoms with Crippen molar-refractivity contribution in [1.29, 1.82) is 0 Å². The van der Waals surface area contributed by atoms with E-state index in [0.717, 1.165) is 38.3 Å². The number of carbonyl (C=O) groups excluding carboxylic acids is 1. The summed E-state index contributed by atoms with van der Waals surface area (Å²) >= 11 is 2.06. The van der Waals surface area contributed by atoms with E-state index in [4.69, 9.17) is 4.74 Å². The smallest absolute Gasteiger partial charge is 0.410 e. The van der Waals surface area contributed by atoms with Crippen molar-refractivity contribution in [3.8, 4) is 0 Å². The van der Waals surface area contributed by atoms with E-state index < -0.39 is 5.60 Å². The lowest BCUT2D eigenvalue weighted by Gasteiger charge is -2.33. The van der Waals surface area contributed by atoms with E-state index in [9.17, 15) is 4.79 Å². The fraction of sp³-hybridized carbons (Fsp3) is 0.700. The lowest BCUT2D eigenvalue weighted by Crippen LogP contribution is -2.41. The number of carbonyl (C=O) groups is 1. The van der Waals surface area contributed by atoms with E-state index in [0.29, 0.717) is 0 Å². The molecule has 2 heterocycles. The average Bonchev–Trinajstić information content (AvgIpc) is 2.58. The third-order valence-electron chi connectivity index (χ3n) is 4.44. The maximum Gasteiger partial charge on any atom is 0.410 e. The second-order valence-corrected chi connectivity index (χ2v) is 9.00. The van der Waals surface area contributed by atoms with Gasteiger partial charge in [-0.1, -0.05) is 0 Å². The van der Waals surface area contributed by atoms with Crippen LogP contribution in [-0.2, 0) is 11.2 Å². The third-order valence-corrected chi connectivity index (χ3v) is 5.54. The topological polar surface area (TPSA) is 42.4 Å². The molecule has 0 aromatic carbocycles. The number of nitrogens with zero attached hydrogens (tertiary/aromatic N) is 2. The van der Waals surface area contributed by atoms with E-state index in [1.165, 1.54) is 29.9 Å². The first kappa shape index (κ1) is 20.1. The molecule has 2 rings (SSSR count). The highest BCUT2D eigenvalue weighted by Crippen LogP contribution is 2.24. The van der Waals surface area contributed by atoms with Crippen LogP contribution in [0.2, 0.25) is 0 Å². The predicted octanol–water partition coefficient (Wildman–Crippen LogP) is 4.78.